The van der Waals surface area contributed by atoms with Gasteiger partial charge in [0.2, 0.25) is 0 Å². The third kappa shape index (κ3) is 3.75. The van der Waals surface area contributed by atoms with E-state index in [4.69, 9.17) is 5.11 Å². The second kappa shape index (κ2) is 6.13. The van der Waals surface area contributed by atoms with Gasteiger partial charge in [-0.2, -0.15) is 0 Å². The molecule has 1 saturated carbocycles. The van der Waals surface area contributed by atoms with Gasteiger partial charge in [-0.3, -0.25) is 4.79 Å². The summed E-state index contributed by atoms with van der Waals surface area (Å²) in [6.45, 7) is 0. The van der Waals surface area contributed by atoms with E-state index in [1.807, 2.05) is 0 Å². The van der Waals surface area contributed by atoms with Crippen molar-refractivity contribution >= 4 is 5.97 Å². The van der Waals surface area contributed by atoms with Crippen molar-refractivity contribution < 1.29 is 18.7 Å². The normalized spacial score (nSPS) is 23.3. The van der Waals surface area contributed by atoms with E-state index in [0.29, 0.717) is 17.9 Å². The number of benzene rings is 1. The second-order valence-corrected chi connectivity index (χ2v) is 5.32. The van der Waals surface area contributed by atoms with Gasteiger partial charge < -0.3 is 5.11 Å². The van der Waals surface area contributed by atoms with Gasteiger partial charge in [0.25, 0.3) is 0 Å². The molecule has 4 heteroatoms. The molecule has 0 unspecified atom stereocenters. The first-order chi connectivity index (χ1) is 9.06. The molecular weight excluding hydrogens is 250 g/mol. The Labute approximate surface area is 111 Å². The standard InChI is InChI=1S/C15H18F2O2/c16-12-6-7-14(17)13(9-12)11-4-1-10(2-5-11)3-8-15(18)19/h6-7,9-11H,1-5,8H2,(H,18,19). The van der Waals surface area contributed by atoms with Crippen LogP contribution < -0.4 is 0 Å². The summed E-state index contributed by atoms with van der Waals surface area (Å²) < 4.78 is 26.8. The zero-order valence-corrected chi connectivity index (χ0v) is 10.7. The molecule has 1 aromatic rings. The summed E-state index contributed by atoms with van der Waals surface area (Å²) in [5, 5.41) is 8.65. The molecule has 0 bridgehead atoms. The van der Waals surface area contributed by atoms with Gasteiger partial charge in [0.15, 0.2) is 0 Å². The van der Waals surface area contributed by atoms with Crippen molar-refractivity contribution in [2.24, 2.45) is 5.92 Å². The molecule has 0 saturated heterocycles. The van der Waals surface area contributed by atoms with Crippen molar-refractivity contribution in [3.63, 3.8) is 0 Å². The van der Waals surface area contributed by atoms with Crippen LogP contribution in [0.25, 0.3) is 0 Å². The lowest BCUT2D eigenvalue weighted by Crippen LogP contribution is -2.15. The van der Waals surface area contributed by atoms with Crippen molar-refractivity contribution in [1.29, 1.82) is 0 Å². The van der Waals surface area contributed by atoms with Crippen molar-refractivity contribution in [1.82, 2.24) is 0 Å². The number of hydrogen-bond donors (Lipinski definition) is 1. The van der Waals surface area contributed by atoms with E-state index in [0.717, 1.165) is 31.7 Å². The lowest BCUT2D eigenvalue weighted by Gasteiger charge is -2.28. The second-order valence-electron chi connectivity index (χ2n) is 5.32. The van der Waals surface area contributed by atoms with Crippen LogP contribution in [0.2, 0.25) is 0 Å². The first-order valence-electron chi connectivity index (χ1n) is 6.73. The maximum Gasteiger partial charge on any atom is 0.303 e. The summed E-state index contributed by atoms with van der Waals surface area (Å²) in [6.07, 6.45) is 4.30. The lowest BCUT2D eigenvalue weighted by molar-refractivity contribution is -0.137. The minimum atomic E-state index is -0.765. The molecule has 0 spiro atoms. The fourth-order valence-corrected chi connectivity index (χ4v) is 2.92. The van der Waals surface area contributed by atoms with E-state index < -0.39 is 11.8 Å². The zero-order chi connectivity index (χ0) is 13.8. The van der Waals surface area contributed by atoms with Gasteiger partial charge in [-0.1, -0.05) is 0 Å². The van der Waals surface area contributed by atoms with Gasteiger partial charge >= 0.3 is 5.97 Å². The summed E-state index contributed by atoms with van der Waals surface area (Å²) in [5.41, 5.74) is 0.469. The summed E-state index contributed by atoms with van der Waals surface area (Å²) >= 11 is 0. The molecule has 2 nitrogen and oxygen atoms in total. The molecule has 2 rings (SSSR count). The lowest BCUT2D eigenvalue weighted by atomic mass is 9.77. The van der Waals surface area contributed by atoms with Crippen LogP contribution in [0, 0.1) is 17.6 Å². The van der Waals surface area contributed by atoms with Crippen LogP contribution in [-0.2, 0) is 4.79 Å². The summed E-state index contributed by atoms with van der Waals surface area (Å²) in [5.74, 6) is -1.03. The Morgan fingerprint density at radius 1 is 1.21 bits per heavy atom. The highest BCUT2D eigenvalue weighted by Gasteiger charge is 2.24. The number of halogens is 2. The third-order valence-corrected chi connectivity index (χ3v) is 4.01. The number of carboxylic acid groups (broad SMARTS) is 1. The van der Waals surface area contributed by atoms with Crippen LogP contribution in [0.1, 0.15) is 50.0 Å². The Morgan fingerprint density at radius 3 is 2.53 bits per heavy atom. The molecule has 19 heavy (non-hydrogen) atoms. The Kier molecular flexibility index (Phi) is 4.51. The number of carboxylic acids is 1. The maximum atomic E-state index is 13.7. The first kappa shape index (κ1) is 14.0. The van der Waals surface area contributed by atoms with Gasteiger partial charge in [0.1, 0.15) is 11.6 Å². The monoisotopic (exact) mass is 268 g/mol. The quantitative estimate of drug-likeness (QED) is 0.892. The Balaban J connectivity index is 1.92. The van der Waals surface area contributed by atoms with Gasteiger partial charge in [-0.25, -0.2) is 8.78 Å². The largest absolute Gasteiger partial charge is 0.481 e. The van der Waals surface area contributed by atoms with Crippen LogP contribution in [0.3, 0.4) is 0 Å². The maximum absolute atomic E-state index is 13.7. The van der Waals surface area contributed by atoms with Gasteiger partial charge in [0.05, 0.1) is 0 Å². The van der Waals surface area contributed by atoms with E-state index in [1.54, 1.807) is 0 Å². The number of aliphatic carboxylic acids is 1. The highest BCUT2D eigenvalue weighted by molar-refractivity contribution is 5.66. The molecule has 1 aromatic carbocycles. The van der Waals surface area contributed by atoms with Crippen LogP contribution in [0.5, 0.6) is 0 Å². The topological polar surface area (TPSA) is 37.3 Å². The van der Waals surface area contributed by atoms with E-state index in [9.17, 15) is 13.6 Å². The van der Waals surface area contributed by atoms with Crippen LogP contribution in [0.15, 0.2) is 18.2 Å². The molecule has 0 atom stereocenters. The smallest absolute Gasteiger partial charge is 0.303 e. The molecule has 0 aromatic heterocycles. The molecule has 1 N–H and O–H groups in total. The summed E-state index contributed by atoms with van der Waals surface area (Å²) in [7, 11) is 0. The minimum Gasteiger partial charge on any atom is -0.481 e. The van der Waals surface area contributed by atoms with E-state index >= 15 is 0 Å². The number of rotatable bonds is 4. The fraction of sp³-hybridized carbons (Fsp3) is 0.533. The first-order valence-corrected chi connectivity index (χ1v) is 6.73. The van der Waals surface area contributed by atoms with Crippen molar-refractivity contribution in [2.45, 2.75) is 44.4 Å². The Morgan fingerprint density at radius 2 is 1.89 bits per heavy atom. The minimum absolute atomic E-state index is 0.0665. The molecular formula is C15H18F2O2. The number of hydrogen-bond acceptors (Lipinski definition) is 1. The highest BCUT2D eigenvalue weighted by Crippen LogP contribution is 2.38. The predicted octanol–water partition coefficient (Wildman–Crippen LogP) is 4.10. The SMILES string of the molecule is O=C(O)CCC1CCC(c2cc(F)ccc2F)CC1. The van der Waals surface area contributed by atoms with Crippen molar-refractivity contribution in [3.8, 4) is 0 Å². The Hall–Kier alpha value is -1.45. The molecule has 0 radical (unpaired) electrons. The van der Waals surface area contributed by atoms with Gasteiger partial charge in [-0.15, -0.1) is 0 Å². The molecule has 1 fully saturated rings. The van der Waals surface area contributed by atoms with Crippen LogP contribution in [0.4, 0.5) is 8.78 Å². The average Bonchev–Trinajstić information content (AvgIpc) is 2.40. The number of carbonyl (C=O) groups is 1. The molecule has 0 heterocycles. The molecule has 1 aliphatic rings. The average molecular weight is 268 g/mol. The summed E-state index contributed by atoms with van der Waals surface area (Å²) in [4.78, 5) is 10.5. The van der Waals surface area contributed by atoms with Gasteiger partial charge in [-0.05, 0) is 67.7 Å². The molecule has 104 valence electrons. The fourth-order valence-electron chi connectivity index (χ4n) is 2.92. The van der Waals surface area contributed by atoms with Crippen LogP contribution in [-0.4, -0.2) is 11.1 Å². The highest BCUT2D eigenvalue weighted by atomic mass is 19.1. The van der Waals surface area contributed by atoms with E-state index in [-0.39, 0.29) is 18.2 Å². The van der Waals surface area contributed by atoms with Crippen molar-refractivity contribution in [3.05, 3.63) is 35.4 Å². The summed E-state index contributed by atoms with van der Waals surface area (Å²) in [6, 6.07) is 3.61. The Bertz CT molecular complexity index is 451. The zero-order valence-electron chi connectivity index (χ0n) is 10.7. The molecule has 0 amide bonds. The van der Waals surface area contributed by atoms with Gasteiger partial charge in [0, 0.05) is 6.42 Å². The molecule has 1 aliphatic carbocycles. The van der Waals surface area contributed by atoms with Crippen LogP contribution >= 0.6 is 0 Å². The molecule has 0 aliphatic heterocycles. The predicted molar refractivity (Wildman–Crippen MR) is 67.9 cm³/mol. The third-order valence-electron chi connectivity index (χ3n) is 4.01. The van der Waals surface area contributed by atoms with E-state index in [1.165, 1.54) is 12.1 Å². The van der Waals surface area contributed by atoms with Crippen molar-refractivity contribution in [2.75, 3.05) is 0 Å². The van der Waals surface area contributed by atoms with E-state index in [2.05, 4.69) is 0 Å².